The van der Waals surface area contributed by atoms with Gasteiger partial charge in [0.15, 0.2) is 0 Å². The second-order valence-corrected chi connectivity index (χ2v) is 7.57. The number of hydrogen-bond acceptors (Lipinski definition) is 2. The number of methoxy groups -OCH3 is 1. The number of alkyl halides is 1. The van der Waals surface area contributed by atoms with Gasteiger partial charge < -0.3 is 9.30 Å². The summed E-state index contributed by atoms with van der Waals surface area (Å²) in [6.45, 7) is 1.06. The van der Waals surface area contributed by atoms with Gasteiger partial charge in [-0.15, -0.1) is 11.6 Å². The van der Waals surface area contributed by atoms with E-state index in [-0.39, 0.29) is 5.38 Å². The summed E-state index contributed by atoms with van der Waals surface area (Å²) in [7, 11) is 1.73. The van der Waals surface area contributed by atoms with Crippen LogP contribution in [0.15, 0.2) is 48.2 Å². The number of aromatic nitrogens is 2. The number of fused-ring (bicyclic) bond motifs is 1. The maximum atomic E-state index is 6.74. The predicted molar refractivity (Wildman–Crippen MR) is 107 cm³/mol. The van der Waals surface area contributed by atoms with Crippen LogP contribution in [0.3, 0.4) is 0 Å². The molecule has 1 aliphatic carbocycles. The zero-order valence-corrected chi connectivity index (χ0v) is 16.0. The molecule has 0 radical (unpaired) electrons. The van der Waals surface area contributed by atoms with E-state index in [0.29, 0.717) is 0 Å². The predicted octanol–water partition coefficient (Wildman–Crippen LogP) is 5.18. The van der Waals surface area contributed by atoms with Gasteiger partial charge in [-0.05, 0) is 55.7 Å². The monoisotopic (exact) mass is 368 g/mol. The summed E-state index contributed by atoms with van der Waals surface area (Å²) in [5.74, 6) is 2.04. The van der Waals surface area contributed by atoms with Gasteiger partial charge in [0, 0.05) is 24.0 Å². The largest absolute Gasteiger partial charge is 0.496 e. The molecule has 4 rings (SSSR count). The smallest absolute Gasteiger partial charge is 0.140 e. The van der Waals surface area contributed by atoms with E-state index in [1.165, 1.54) is 35.2 Å². The van der Waals surface area contributed by atoms with Crippen LogP contribution in [0.25, 0.3) is 5.57 Å². The normalized spacial score (nSPS) is 19.5. The van der Waals surface area contributed by atoms with Crippen LogP contribution in [0.5, 0.6) is 5.75 Å². The maximum absolute atomic E-state index is 6.74. The molecule has 0 fully saturated rings. The maximum Gasteiger partial charge on any atom is 0.140 e. The van der Waals surface area contributed by atoms with Crippen molar-refractivity contribution in [1.29, 1.82) is 0 Å². The molecule has 1 aromatic carbocycles. The second-order valence-electron chi connectivity index (χ2n) is 7.04. The Morgan fingerprint density at radius 3 is 3.00 bits per heavy atom. The van der Waals surface area contributed by atoms with Gasteiger partial charge in [0.05, 0.1) is 12.5 Å². The number of para-hydroxylation sites is 1. The fourth-order valence-corrected chi connectivity index (χ4v) is 4.39. The molecule has 0 N–H and O–H groups in total. The molecule has 0 bridgehead atoms. The summed E-state index contributed by atoms with van der Waals surface area (Å²) < 4.78 is 7.90. The Hall–Kier alpha value is -2.00. The van der Waals surface area contributed by atoms with Crippen LogP contribution >= 0.6 is 11.6 Å². The van der Waals surface area contributed by atoms with Gasteiger partial charge in [-0.3, -0.25) is 0 Å². The molecule has 3 nitrogen and oxygen atoms in total. The highest BCUT2D eigenvalue weighted by molar-refractivity contribution is 6.23. The summed E-state index contributed by atoms with van der Waals surface area (Å²) in [6, 6.07) is 8.24. The number of halogens is 1. The number of benzene rings is 1. The van der Waals surface area contributed by atoms with Crippen LogP contribution in [-0.2, 0) is 19.4 Å². The number of imidazole rings is 1. The molecule has 0 spiro atoms. The average molecular weight is 369 g/mol. The van der Waals surface area contributed by atoms with Crippen molar-refractivity contribution in [3.05, 3.63) is 65.3 Å². The highest BCUT2D eigenvalue weighted by atomic mass is 35.5. The number of ether oxygens (including phenoxy) is 1. The third kappa shape index (κ3) is 3.33. The lowest BCUT2D eigenvalue weighted by Gasteiger charge is -2.23. The van der Waals surface area contributed by atoms with Crippen molar-refractivity contribution in [2.75, 3.05) is 7.11 Å². The zero-order chi connectivity index (χ0) is 17.9. The van der Waals surface area contributed by atoms with Gasteiger partial charge in [0.1, 0.15) is 11.6 Å². The van der Waals surface area contributed by atoms with Gasteiger partial charge in [0.25, 0.3) is 0 Å². The van der Waals surface area contributed by atoms with Crippen molar-refractivity contribution in [3.8, 4) is 5.75 Å². The molecular weight excluding hydrogens is 344 g/mol. The molecule has 1 atom stereocenters. The number of nitrogens with zero attached hydrogens (tertiary/aromatic N) is 2. The Morgan fingerprint density at radius 1 is 1.23 bits per heavy atom. The van der Waals surface area contributed by atoms with Crippen LogP contribution in [0.2, 0.25) is 0 Å². The first kappa shape index (κ1) is 17.4. The highest BCUT2D eigenvalue weighted by Gasteiger charge is 2.23. The first-order chi connectivity index (χ1) is 12.8. The quantitative estimate of drug-likeness (QED) is 0.680. The molecule has 0 saturated heterocycles. The summed E-state index contributed by atoms with van der Waals surface area (Å²) in [6.07, 6.45) is 12.8. The Balaban J connectivity index is 1.66. The molecule has 2 heterocycles. The molecule has 26 heavy (non-hydrogen) atoms. The van der Waals surface area contributed by atoms with E-state index in [1.807, 2.05) is 18.3 Å². The van der Waals surface area contributed by atoms with Gasteiger partial charge in [0.2, 0.25) is 0 Å². The Kier molecular flexibility index (Phi) is 5.16. The van der Waals surface area contributed by atoms with Gasteiger partial charge in [-0.25, -0.2) is 4.98 Å². The fourth-order valence-electron chi connectivity index (χ4n) is 4.06. The van der Waals surface area contributed by atoms with Crippen LogP contribution in [0.4, 0.5) is 0 Å². The lowest BCUT2D eigenvalue weighted by atomic mass is 9.91. The van der Waals surface area contributed by atoms with E-state index in [0.717, 1.165) is 43.8 Å². The van der Waals surface area contributed by atoms with E-state index in [2.05, 4.69) is 28.9 Å². The van der Waals surface area contributed by atoms with Crippen molar-refractivity contribution in [2.45, 2.75) is 50.4 Å². The van der Waals surface area contributed by atoms with Gasteiger partial charge >= 0.3 is 0 Å². The molecule has 1 unspecified atom stereocenters. The van der Waals surface area contributed by atoms with Gasteiger partial charge in [-0.2, -0.15) is 0 Å². The molecule has 2 aliphatic rings. The third-order valence-electron chi connectivity index (χ3n) is 5.45. The summed E-state index contributed by atoms with van der Waals surface area (Å²) in [4.78, 5) is 4.77. The summed E-state index contributed by atoms with van der Waals surface area (Å²) in [5, 5.41) is 0.0428. The molecule has 0 amide bonds. The SMILES string of the molecule is COc1ccccc1CCC1=C(c2ncc3n2CCCC3)C=CCC1Cl. The Morgan fingerprint density at radius 2 is 2.12 bits per heavy atom. The van der Waals surface area contributed by atoms with Crippen molar-refractivity contribution in [2.24, 2.45) is 0 Å². The van der Waals surface area contributed by atoms with E-state index < -0.39 is 0 Å². The van der Waals surface area contributed by atoms with E-state index in [4.69, 9.17) is 21.3 Å². The van der Waals surface area contributed by atoms with E-state index in [1.54, 1.807) is 7.11 Å². The standard InChI is InChI=1S/C22H25ClN2O/c1-26-21-11-3-2-7-16(21)12-13-18-19(9-6-10-20(18)23)22-24-15-17-8-4-5-14-25(17)22/h2-3,6-7,9,11,15,20H,4-5,8,10,12-14H2,1H3. The molecule has 1 aliphatic heterocycles. The first-order valence-electron chi connectivity index (χ1n) is 9.48. The number of allylic oxidation sites excluding steroid dienone is 4. The summed E-state index contributed by atoms with van der Waals surface area (Å²) >= 11 is 6.74. The van der Waals surface area contributed by atoms with Crippen molar-refractivity contribution in [3.63, 3.8) is 0 Å². The number of rotatable bonds is 5. The van der Waals surface area contributed by atoms with Gasteiger partial charge in [-0.1, -0.05) is 30.4 Å². The van der Waals surface area contributed by atoms with Crippen LogP contribution < -0.4 is 4.74 Å². The molecule has 1 aromatic heterocycles. The number of hydrogen-bond donors (Lipinski definition) is 0. The average Bonchev–Trinajstić information content (AvgIpc) is 3.11. The molecule has 136 valence electrons. The number of aryl methyl sites for hydroxylation is 2. The lowest BCUT2D eigenvalue weighted by molar-refractivity contribution is 0.409. The zero-order valence-electron chi connectivity index (χ0n) is 15.2. The second kappa shape index (κ2) is 7.71. The van der Waals surface area contributed by atoms with Crippen molar-refractivity contribution < 1.29 is 4.74 Å². The van der Waals surface area contributed by atoms with Crippen LogP contribution in [-0.4, -0.2) is 22.0 Å². The molecular formula is C22H25ClN2O. The Labute approximate surface area is 160 Å². The minimum absolute atomic E-state index is 0.0428. The fraction of sp³-hybridized carbons (Fsp3) is 0.409. The third-order valence-corrected chi connectivity index (χ3v) is 5.89. The van der Waals surface area contributed by atoms with Crippen LogP contribution in [0, 0.1) is 0 Å². The van der Waals surface area contributed by atoms with Crippen molar-refractivity contribution >= 4 is 17.2 Å². The minimum Gasteiger partial charge on any atom is -0.496 e. The highest BCUT2D eigenvalue weighted by Crippen LogP contribution is 2.35. The van der Waals surface area contributed by atoms with Crippen LogP contribution in [0.1, 0.15) is 42.8 Å². The van der Waals surface area contributed by atoms with E-state index >= 15 is 0 Å². The van der Waals surface area contributed by atoms with Crippen molar-refractivity contribution in [1.82, 2.24) is 9.55 Å². The minimum atomic E-state index is 0.0428. The molecule has 2 aromatic rings. The molecule has 4 heteroatoms. The topological polar surface area (TPSA) is 27.1 Å². The molecule has 0 saturated carbocycles. The summed E-state index contributed by atoms with van der Waals surface area (Å²) in [5.41, 5.74) is 5.11. The van der Waals surface area contributed by atoms with E-state index in [9.17, 15) is 0 Å². The first-order valence-corrected chi connectivity index (χ1v) is 9.92. The Bertz CT molecular complexity index is 850. The lowest BCUT2D eigenvalue weighted by Crippen LogP contribution is -2.16.